The van der Waals surface area contributed by atoms with Crippen molar-refractivity contribution in [3.05, 3.63) is 83.4 Å². The molecule has 1 atom stereocenters. The molecule has 0 aromatic heterocycles. The normalized spacial score (nSPS) is 15.0. The summed E-state index contributed by atoms with van der Waals surface area (Å²) in [6.07, 6.45) is -0.393. The van der Waals surface area contributed by atoms with Crippen LogP contribution in [0.3, 0.4) is 0 Å². The Labute approximate surface area is 197 Å². The summed E-state index contributed by atoms with van der Waals surface area (Å²) in [5.74, 6) is 0.777. The number of halogens is 1. The van der Waals surface area contributed by atoms with E-state index in [2.05, 4.69) is 5.32 Å². The summed E-state index contributed by atoms with van der Waals surface area (Å²) >= 11 is 6.15. The minimum absolute atomic E-state index is 0.0813. The number of carbonyl (C=O) groups is 1. The summed E-state index contributed by atoms with van der Waals surface area (Å²) < 4.78 is 39.5. The quantitative estimate of drug-likeness (QED) is 0.549. The number of ether oxygens (including phenoxy) is 2. The van der Waals surface area contributed by atoms with Gasteiger partial charge in [-0.05, 0) is 48.9 Å². The predicted octanol–water partition coefficient (Wildman–Crippen LogP) is 3.80. The molecule has 0 unspecified atom stereocenters. The molecule has 0 radical (unpaired) electrons. The Morgan fingerprint density at radius 3 is 2.52 bits per heavy atom. The van der Waals surface area contributed by atoms with Crippen LogP contribution in [0.5, 0.6) is 11.5 Å². The second kappa shape index (κ2) is 9.72. The van der Waals surface area contributed by atoms with Crippen LogP contribution in [0.25, 0.3) is 0 Å². The molecular formula is C24H23ClN2O5S. The van der Waals surface area contributed by atoms with Gasteiger partial charge in [-0.1, -0.05) is 48.0 Å². The Morgan fingerprint density at radius 2 is 1.76 bits per heavy atom. The fraction of sp³-hybridized carbons (Fsp3) is 0.208. The average Bonchev–Trinajstić information content (AvgIpc) is 2.83. The number of hydrogen-bond acceptors (Lipinski definition) is 5. The van der Waals surface area contributed by atoms with E-state index in [-0.39, 0.29) is 18.0 Å². The zero-order valence-electron chi connectivity index (χ0n) is 17.9. The number of fused-ring (bicyclic) bond motifs is 1. The summed E-state index contributed by atoms with van der Waals surface area (Å²) in [6, 6.07) is 20.2. The van der Waals surface area contributed by atoms with Gasteiger partial charge in [-0.15, -0.1) is 0 Å². The molecule has 1 N–H and O–H groups in total. The van der Waals surface area contributed by atoms with Gasteiger partial charge in [-0.3, -0.25) is 9.10 Å². The van der Waals surface area contributed by atoms with Crippen LogP contribution in [0.4, 0.5) is 5.69 Å². The van der Waals surface area contributed by atoms with E-state index in [9.17, 15) is 13.2 Å². The predicted molar refractivity (Wildman–Crippen MR) is 127 cm³/mol. The summed E-state index contributed by atoms with van der Waals surface area (Å²) in [4.78, 5) is 12.9. The molecule has 1 aliphatic heterocycles. The zero-order valence-corrected chi connectivity index (χ0v) is 19.5. The maximum Gasteiger partial charge on any atom is 0.264 e. The highest BCUT2D eigenvalue weighted by Crippen LogP contribution is 2.31. The first-order chi connectivity index (χ1) is 15.8. The molecular weight excluding hydrogens is 464 g/mol. The van der Waals surface area contributed by atoms with Gasteiger partial charge in [0.1, 0.15) is 19.3 Å². The summed E-state index contributed by atoms with van der Waals surface area (Å²) in [7, 11) is -4.01. The maximum atomic E-state index is 13.4. The Balaban J connectivity index is 1.52. The molecule has 1 heterocycles. The van der Waals surface area contributed by atoms with Gasteiger partial charge < -0.3 is 14.8 Å². The van der Waals surface area contributed by atoms with Crippen molar-refractivity contribution in [2.24, 2.45) is 0 Å². The number of rotatable bonds is 7. The van der Waals surface area contributed by atoms with Crippen molar-refractivity contribution >= 4 is 33.2 Å². The first-order valence-corrected chi connectivity index (χ1v) is 12.2. The number of nitrogens with one attached hydrogen (secondary N) is 1. The van der Waals surface area contributed by atoms with Crippen molar-refractivity contribution < 1.29 is 22.7 Å². The second-order valence-electron chi connectivity index (χ2n) is 7.56. The molecule has 0 saturated heterocycles. The third-order valence-electron chi connectivity index (χ3n) is 5.15. The van der Waals surface area contributed by atoms with Gasteiger partial charge in [0.25, 0.3) is 10.0 Å². The summed E-state index contributed by atoms with van der Waals surface area (Å²) in [5.41, 5.74) is 1.01. The molecule has 1 aliphatic rings. The van der Waals surface area contributed by atoms with Crippen LogP contribution in [-0.2, 0) is 14.8 Å². The van der Waals surface area contributed by atoms with Crippen molar-refractivity contribution in [2.75, 3.05) is 24.0 Å². The van der Waals surface area contributed by atoms with E-state index in [0.717, 1.165) is 4.31 Å². The second-order valence-corrected chi connectivity index (χ2v) is 9.86. The molecule has 0 spiro atoms. The number of nitrogens with zero attached hydrogens (tertiary/aromatic N) is 1. The van der Waals surface area contributed by atoms with Gasteiger partial charge in [0, 0.05) is 5.02 Å². The van der Waals surface area contributed by atoms with E-state index < -0.39 is 28.6 Å². The SMILES string of the molecule is Cc1ccc(Cl)cc1N(CC(=O)NC[C@H]1COc2ccccc2O1)S(=O)(=O)c1ccccc1. The number of benzene rings is 3. The lowest BCUT2D eigenvalue weighted by molar-refractivity contribution is -0.120. The molecule has 1 amide bonds. The van der Waals surface area contributed by atoms with E-state index in [1.165, 1.54) is 12.1 Å². The fourth-order valence-corrected chi connectivity index (χ4v) is 5.11. The minimum atomic E-state index is -4.01. The third-order valence-corrected chi connectivity index (χ3v) is 7.16. The molecule has 172 valence electrons. The number of para-hydroxylation sites is 2. The molecule has 33 heavy (non-hydrogen) atoms. The molecule has 3 aromatic carbocycles. The first-order valence-electron chi connectivity index (χ1n) is 10.3. The Bertz CT molecular complexity index is 1250. The van der Waals surface area contributed by atoms with E-state index in [4.69, 9.17) is 21.1 Å². The number of aryl methyl sites for hydroxylation is 1. The Morgan fingerprint density at radius 1 is 1.06 bits per heavy atom. The molecule has 4 rings (SSSR count). The van der Waals surface area contributed by atoms with Crippen LogP contribution in [0.15, 0.2) is 77.7 Å². The van der Waals surface area contributed by atoms with Crippen LogP contribution in [0.1, 0.15) is 5.56 Å². The number of carbonyl (C=O) groups excluding carboxylic acids is 1. The van der Waals surface area contributed by atoms with E-state index in [1.807, 2.05) is 18.2 Å². The van der Waals surface area contributed by atoms with Gasteiger partial charge in [-0.25, -0.2) is 8.42 Å². The van der Waals surface area contributed by atoms with Crippen LogP contribution < -0.4 is 19.1 Å². The lowest BCUT2D eigenvalue weighted by atomic mass is 10.2. The number of amides is 1. The number of hydrogen-bond donors (Lipinski definition) is 1. The van der Waals surface area contributed by atoms with Crippen LogP contribution in [-0.4, -0.2) is 40.1 Å². The maximum absolute atomic E-state index is 13.4. The monoisotopic (exact) mass is 486 g/mol. The molecule has 0 aliphatic carbocycles. The highest BCUT2D eigenvalue weighted by molar-refractivity contribution is 7.92. The molecule has 9 heteroatoms. The largest absolute Gasteiger partial charge is 0.486 e. The fourth-order valence-electron chi connectivity index (χ4n) is 3.45. The molecule has 0 saturated carbocycles. The standard InChI is InChI=1S/C24H23ClN2O5S/c1-17-11-12-18(25)13-21(17)27(33(29,30)20-7-3-2-4-8-20)15-24(28)26-14-19-16-31-22-9-5-6-10-23(22)32-19/h2-13,19H,14-16H2,1H3,(H,26,28)/t19-/m0/s1. The molecule has 7 nitrogen and oxygen atoms in total. The minimum Gasteiger partial charge on any atom is -0.486 e. The summed E-state index contributed by atoms with van der Waals surface area (Å²) in [5, 5.41) is 3.13. The van der Waals surface area contributed by atoms with Crippen molar-refractivity contribution in [1.29, 1.82) is 0 Å². The topological polar surface area (TPSA) is 84.9 Å². The van der Waals surface area contributed by atoms with Gasteiger partial charge in [0.05, 0.1) is 17.1 Å². The lowest BCUT2D eigenvalue weighted by Crippen LogP contribution is -2.45. The van der Waals surface area contributed by atoms with Gasteiger partial charge in [0.15, 0.2) is 11.5 Å². The van der Waals surface area contributed by atoms with Crippen molar-refractivity contribution in [1.82, 2.24) is 5.32 Å². The number of sulfonamides is 1. The van der Waals surface area contributed by atoms with Gasteiger partial charge in [-0.2, -0.15) is 0 Å². The van der Waals surface area contributed by atoms with E-state index >= 15 is 0 Å². The van der Waals surface area contributed by atoms with E-state index in [0.29, 0.717) is 27.8 Å². The average molecular weight is 487 g/mol. The van der Waals surface area contributed by atoms with Crippen molar-refractivity contribution in [3.8, 4) is 11.5 Å². The first kappa shape index (κ1) is 22.9. The van der Waals surface area contributed by atoms with Crippen LogP contribution in [0.2, 0.25) is 5.02 Å². The van der Waals surface area contributed by atoms with Crippen LogP contribution in [0, 0.1) is 6.92 Å². The van der Waals surface area contributed by atoms with Gasteiger partial charge >= 0.3 is 0 Å². The van der Waals surface area contributed by atoms with Crippen molar-refractivity contribution in [2.45, 2.75) is 17.9 Å². The van der Waals surface area contributed by atoms with Gasteiger partial charge in [0.2, 0.25) is 5.91 Å². The smallest absolute Gasteiger partial charge is 0.264 e. The Hall–Kier alpha value is -3.23. The highest BCUT2D eigenvalue weighted by atomic mass is 35.5. The lowest BCUT2D eigenvalue weighted by Gasteiger charge is -2.28. The highest BCUT2D eigenvalue weighted by Gasteiger charge is 2.29. The van der Waals surface area contributed by atoms with Crippen LogP contribution >= 0.6 is 11.6 Å². The Kier molecular flexibility index (Phi) is 6.76. The summed E-state index contributed by atoms with van der Waals surface area (Å²) in [6.45, 7) is 1.79. The molecule has 0 fully saturated rings. The number of anilines is 1. The third kappa shape index (κ3) is 5.23. The molecule has 3 aromatic rings. The zero-order chi connectivity index (χ0) is 23.4. The van der Waals surface area contributed by atoms with Crippen molar-refractivity contribution in [3.63, 3.8) is 0 Å². The van der Waals surface area contributed by atoms with E-state index in [1.54, 1.807) is 49.4 Å². The molecule has 0 bridgehead atoms.